The van der Waals surface area contributed by atoms with Gasteiger partial charge in [0.1, 0.15) is 11.6 Å². The highest BCUT2D eigenvalue weighted by atomic mass is 35.5. The number of halogens is 1. The third kappa shape index (κ3) is 2.72. The molecule has 5 nitrogen and oxygen atoms in total. The van der Waals surface area contributed by atoms with Crippen LogP contribution in [-0.4, -0.2) is 28.4 Å². The van der Waals surface area contributed by atoms with Crippen molar-refractivity contribution in [2.45, 2.75) is 50.4 Å². The predicted octanol–water partition coefficient (Wildman–Crippen LogP) is 4.77. The average molecular weight is 434 g/mol. The fraction of sp³-hybridized carbons (Fsp3) is 0.400. The van der Waals surface area contributed by atoms with E-state index in [1.165, 1.54) is 12.0 Å². The van der Waals surface area contributed by atoms with Gasteiger partial charge in [-0.3, -0.25) is 14.2 Å². The first kappa shape index (κ1) is 19.1. The Morgan fingerprint density at radius 2 is 1.74 bits per heavy atom. The van der Waals surface area contributed by atoms with Crippen molar-refractivity contribution in [2.75, 3.05) is 18.0 Å². The second kappa shape index (κ2) is 6.92. The van der Waals surface area contributed by atoms with E-state index in [4.69, 9.17) is 11.6 Å². The molecular weight excluding hydrogens is 410 g/mol. The van der Waals surface area contributed by atoms with E-state index in [0.717, 1.165) is 61.5 Å². The number of fused-ring (bicyclic) bond motifs is 7. The molecule has 3 aliphatic rings. The van der Waals surface area contributed by atoms with Crippen LogP contribution in [-0.2, 0) is 10.2 Å². The predicted molar refractivity (Wildman–Crippen MR) is 123 cm³/mol. The molecule has 2 aliphatic heterocycles. The number of carbonyl (C=O) groups excluding carboxylic acids is 1. The largest absolute Gasteiger partial charge is 0.371 e. The molecule has 1 aromatic heterocycles. The molecule has 0 bridgehead atoms. The topological polar surface area (TPSA) is 55.2 Å². The molecular formula is C25H24ClN3O2. The maximum absolute atomic E-state index is 13.0. The van der Waals surface area contributed by atoms with Gasteiger partial charge in [0.15, 0.2) is 0 Å². The van der Waals surface area contributed by atoms with E-state index >= 15 is 0 Å². The minimum atomic E-state index is -0.237. The van der Waals surface area contributed by atoms with Gasteiger partial charge in [-0.15, -0.1) is 0 Å². The second-order valence-electron chi connectivity index (χ2n) is 9.08. The molecule has 2 aromatic carbocycles. The lowest BCUT2D eigenvalue weighted by molar-refractivity contribution is -0.119. The number of carbonyl (C=O) groups is 1. The normalized spacial score (nSPS) is 19.6. The van der Waals surface area contributed by atoms with Crippen molar-refractivity contribution in [3.63, 3.8) is 0 Å². The number of benzene rings is 2. The number of Topliss-reactive ketones (excluding diaryl/α,β-unsaturated/α-hetero) is 1. The van der Waals surface area contributed by atoms with Gasteiger partial charge in [-0.1, -0.05) is 43.0 Å². The molecule has 1 saturated heterocycles. The zero-order valence-electron chi connectivity index (χ0n) is 17.4. The van der Waals surface area contributed by atoms with Crippen LogP contribution in [0, 0.1) is 0 Å². The average Bonchev–Trinajstić information content (AvgIpc) is 3.04. The molecule has 1 aliphatic carbocycles. The number of anilines is 1. The molecule has 3 aromatic rings. The Morgan fingerprint density at radius 3 is 2.52 bits per heavy atom. The van der Waals surface area contributed by atoms with Crippen molar-refractivity contribution >= 4 is 34.0 Å². The molecule has 1 saturated carbocycles. The summed E-state index contributed by atoms with van der Waals surface area (Å²) in [5.74, 6) is 1.21. The van der Waals surface area contributed by atoms with E-state index in [-0.39, 0.29) is 11.0 Å². The summed E-state index contributed by atoms with van der Waals surface area (Å²) in [7, 11) is 0. The van der Waals surface area contributed by atoms with Gasteiger partial charge in [0.2, 0.25) is 0 Å². The van der Waals surface area contributed by atoms with Crippen LogP contribution in [0.1, 0.15) is 56.3 Å². The molecule has 158 valence electrons. The summed E-state index contributed by atoms with van der Waals surface area (Å²) in [6.07, 6.45) is 6.72. The van der Waals surface area contributed by atoms with Crippen molar-refractivity contribution in [3.8, 4) is 5.69 Å². The molecule has 1 spiro atoms. The molecule has 3 heterocycles. The molecule has 6 rings (SSSR count). The van der Waals surface area contributed by atoms with Gasteiger partial charge < -0.3 is 4.90 Å². The van der Waals surface area contributed by atoms with Crippen molar-refractivity contribution in [1.82, 2.24) is 9.55 Å². The van der Waals surface area contributed by atoms with Gasteiger partial charge >= 0.3 is 0 Å². The lowest BCUT2D eigenvalue weighted by Crippen LogP contribution is -2.34. The quantitative estimate of drug-likeness (QED) is 0.554. The number of piperidine rings is 1. The second-order valence-corrected chi connectivity index (χ2v) is 9.49. The summed E-state index contributed by atoms with van der Waals surface area (Å²) in [6.45, 7) is 1.51. The van der Waals surface area contributed by atoms with E-state index in [1.54, 1.807) is 6.07 Å². The summed E-state index contributed by atoms with van der Waals surface area (Å²) in [6, 6.07) is 12.3. The van der Waals surface area contributed by atoms with E-state index in [0.29, 0.717) is 29.0 Å². The Labute approximate surface area is 185 Å². The third-order valence-corrected chi connectivity index (χ3v) is 7.74. The van der Waals surface area contributed by atoms with Crippen LogP contribution in [0.15, 0.2) is 41.2 Å². The lowest BCUT2D eigenvalue weighted by atomic mass is 9.70. The number of nitrogens with zero attached hydrogens (tertiary/aromatic N) is 3. The summed E-state index contributed by atoms with van der Waals surface area (Å²) in [4.78, 5) is 31.7. The molecule has 31 heavy (non-hydrogen) atoms. The zero-order chi connectivity index (χ0) is 21.2. The highest BCUT2D eigenvalue weighted by Gasteiger charge is 2.46. The Hall–Kier alpha value is -2.66. The SMILES string of the molecule is O=C1CCN(c2ccc3c(c2)-n2c(nc(=O)c4c(Cl)cccc42)C32CCCCC2)CC1. The van der Waals surface area contributed by atoms with E-state index in [2.05, 4.69) is 32.7 Å². The van der Waals surface area contributed by atoms with Gasteiger partial charge in [-0.25, -0.2) is 0 Å². The van der Waals surface area contributed by atoms with Gasteiger partial charge in [-0.05, 0) is 42.7 Å². The number of hydrogen-bond donors (Lipinski definition) is 0. The molecule has 0 unspecified atom stereocenters. The molecule has 0 atom stereocenters. The van der Waals surface area contributed by atoms with E-state index < -0.39 is 0 Å². The van der Waals surface area contributed by atoms with Crippen molar-refractivity contribution in [3.05, 3.63) is 63.2 Å². The summed E-state index contributed by atoms with van der Waals surface area (Å²) in [5.41, 5.74) is 3.88. The van der Waals surface area contributed by atoms with Crippen LogP contribution < -0.4 is 10.5 Å². The first-order valence-electron chi connectivity index (χ1n) is 11.2. The van der Waals surface area contributed by atoms with Crippen molar-refractivity contribution in [1.29, 1.82) is 0 Å². The Kier molecular flexibility index (Phi) is 4.26. The first-order chi connectivity index (χ1) is 15.1. The Bertz CT molecular complexity index is 1280. The highest BCUT2D eigenvalue weighted by Crippen LogP contribution is 2.52. The van der Waals surface area contributed by atoms with Crippen LogP contribution >= 0.6 is 11.6 Å². The fourth-order valence-electron chi connectivity index (χ4n) is 5.88. The minimum absolute atomic E-state index is 0.209. The van der Waals surface area contributed by atoms with Gasteiger partial charge in [-0.2, -0.15) is 4.98 Å². The smallest absolute Gasteiger partial charge is 0.282 e. The fourth-order valence-corrected chi connectivity index (χ4v) is 6.13. The molecule has 0 N–H and O–H groups in total. The highest BCUT2D eigenvalue weighted by molar-refractivity contribution is 6.35. The third-order valence-electron chi connectivity index (χ3n) is 7.42. The van der Waals surface area contributed by atoms with Crippen LogP contribution in [0.2, 0.25) is 5.02 Å². The standard InChI is InChI=1S/C25H24ClN3O2/c26-19-5-4-6-20-22(19)23(31)27-24-25(11-2-1-3-12-25)18-8-7-16(15-21(18)29(20)24)28-13-9-17(30)10-14-28/h4-8,15H,1-3,9-14H2. The van der Waals surface area contributed by atoms with Crippen molar-refractivity contribution in [2.24, 2.45) is 0 Å². The molecule has 2 fully saturated rings. The van der Waals surface area contributed by atoms with Crippen LogP contribution in [0.25, 0.3) is 16.6 Å². The minimum Gasteiger partial charge on any atom is -0.371 e. The summed E-state index contributed by atoms with van der Waals surface area (Å²) < 4.78 is 2.18. The monoisotopic (exact) mass is 433 g/mol. The van der Waals surface area contributed by atoms with Crippen LogP contribution in [0.5, 0.6) is 0 Å². The Morgan fingerprint density at radius 1 is 0.968 bits per heavy atom. The van der Waals surface area contributed by atoms with Gasteiger partial charge in [0.25, 0.3) is 5.56 Å². The first-order valence-corrected chi connectivity index (χ1v) is 11.6. The maximum atomic E-state index is 13.0. The van der Waals surface area contributed by atoms with Crippen LogP contribution in [0.4, 0.5) is 5.69 Å². The summed E-state index contributed by atoms with van der Waals surface area (Å²) >= 11 is 6.44. The van der Waals surface area contributed by atoms with E-state index in [1.807, 2.05) is 12.1 Å². The van der Waals surface area contributed by atoms with Gasteiger partial charge in [0, 0.05) is 31.6 Å². The Balaban J connectivity index is 1.62. The number of rotatable bonds is 1. The molecule has 0 amide bonds. The van der Waals surface area contributed by atoms with Crippen molar-refractivity contribution < 1.29 is 4.79 Å². The number of hydrogen-bond acceptors (Lipinski definition) is 4. The lowest BCUT2D eigenvalue weighted by Gasteiger charge is -2.34. The molecule has 0 radical (unpaired) electrons. The van der Waals surface area contributed by atoms with E-state index in [9.17, 15) is 9.59 Å². The number of aromatic nitrogens is 2. The maximum Gasteiger partial charge on any atom is 0.282 e. The van der Waals surface area contributed by atoms with Gasteiger partial charge in [0.05, 0.1) is 27.0 Å². The van der Waals surface area contributed by atoms with Crippen LogP contribution in [0.3, 0.4) is 0 Å². The summed E-state index contributed by atoms with van der Waals surface area (Å²) in [5, 5.41) is 0.933. The zero-order valence-corrected chi connectivity index (χ0v) is 18.1. The number of ketones is 1. The molecule has 6 heteroatoms.